The molecule has 0 saturated carbocycles. The van der Waals surface area contributed by atoms with E-state index in [2.05, 4.69) is 15.2 Å². The lowest BCUT2D eigenvalue weighted by molar-refractivity contribution is -0.120. The molecule has 152 valence electrons. The van der Waals surface area contributed by atoms with Gasteiger partial charge in [0.05, 0.1) is 24.8 Å². The summed E-state index contributed by atoms with van der Waals surface area (Å²) in [6.45, 7) is 8.36. The molecule has 2 N–H and O–H groups in total. The normalized spacial score (nSPS) is 10.9. The van der Waals surface area contributed by atoms with E-state index in [4.69, 9.17) is 4.42 Å². The van der Waals surface area contributed by atoms with Gasteiger partial charge in [-0.15, -0.1) is 0 Å². The van der Waals surface area contributed by atoms with Crippen molar-refractivity contribution in [1.29, 1.82) is 0 Å². The minimum Gasteiger partial charge on any atom is -0.467 e. The third kappa shape index (κ3) is 5.16. The fourth-order valence-electron chi connectivity index (χ4n) is 3.30. The molecule has 0 unspecified atom stereocenters. The second-order valence-corrected chi connectivity index (χ2v) is 7.50. The van der Waals surface area contributed by atoms with E-state index in [1.165, 1.54) is 0 Å². The second kappa shape index (κ2) is 8.82. The molecule has 2 heterocycles. The first-order chi connectivity index (χ1) is 13.8. The number of aromatic nitrogens is 1. The molecule has 0 fully saturated rings. The number of furan rings is 1. The zero-order chi connectivity index (χ0) is 21.0. The molecule has 0 atom stereocenters. The highest BCUT2D eigenvalue weighted by Crippen LogP contribution is 2.19. The van der Waals surface area contributed by atoms with Crippen LogP contribution in [0, 0.1) is 13.8 Å². The lowest BCUT2D eigenvalue weighted by atomic mass is 10.1. The number of benzene rings is 1. The molecule has 0 aliphatic carbocycles. The SMILES string of the molecule is Cc1cc(C(=O)Nc2ccc(CC(=O)NC(C)C)cc2)c(C)n1Cc1ccco1. The lowest BCUT2D eigenvalue weighted by Crippen LogP contribution is -2.31. The topological polar surface area (TPSA) is 76.3 Å². The van der Waals surface area contributed by atoms with E-state index < -0.39 is 0 Å². The number of rotatable bonds is 7. The van der Waals surface area contributed by atoms with Crippen molar-refractivity contribution in [2.24, 2.45) is 0 Å². The highest BCUT2D eigenvalue weighted by atomic mass is 16.3. The van der Waals surface area contributed by atoms with Crippen LogP contribution in [-0.2, 0) is 17.8 Å². The van der Waals surface area contributed by atoms with E-state index in [-0.39, 0.29) is 17.9 Å². The molecule has 3 rings (SSSR count). The molecule has 0 saturated heterocycles. The van der Waals surface area contributed by atoms with Crippen molar-refractivity contribution < 1.29 is 14.0 Å². The van der Waals surface area contributed by atoms with E-state index in [1.54, 1.807) is 6.26 Å². The van der Waals surface area contributed by atoms with Gasteiger partial charge in [0.2, 0.25) is 5.91 Å². The number of anilines is 1. The number of aryl methyl sites for hydroxylation is 1. The summed E-state index contributed by atoms with van der Waals surface area (Å²) in [4.78, 5) is 24.6. The molecule has 29 heavy (non-hydrogen) atoms. The Morgan fingerprint density at radius 1 is 1.10 bits per heavy atom. The van der Waals surface area contributed by atoms with Gasteiger partial charge in [0.1, 0.15) is 5.76 Å². The smallest absolute Gasteiger partial charge is 0.257 e. The number of hydrogen-bond donors (Lipinski definition) is 2. The molecule has 0 aliphatic heterocycles. The molecule has 2 amide bonds. The molecule has 2 aromatic heterocycles. The number of carbonyl (C=O) groups is 2. The van der Waals surface area contributed by atoms with Gasteiger partial charge in [0.15, 0.2) is 0 Å². The Bertz CT molecular complexity index is 983. The van der Waals surface area contributed by atoms with E-state index in [0.29, 0.717) is 24.2 Å². The molecule has 3 aromatic rings. The average molecular weight is 393 g/mol. The first-order valence-electron chi connectivity index (χ1n) is 9.72. The van der Waals surface area contributed by atoms with Gasteiger partial charge in [0, 0.05) is 23.1 Å². The molecule has 0 bridgehead atoms. The largest absolute Gasteiger partial charge is 0.467 e. The van der Waals surface area contributed by atoms with Gasteiger partial charge < -0.3 is 19.6 Å². The Labute approximate surface area is 170 Å². The Morgan fingerprint density at radius 2 is 1.83 bits per heavy atom. The van der Waals surface area contributed by atoms with Crippen LogP contribution in [-0.4, -0.2) is 22.4 Å². The minimum absolute atomic E-state index is 0.0132. The Balaban J connectivity index is 1.66. The van der Waals surface area contributed by atoms with Gasteiger partial charge in [-0.05, 0) is 63.6 Å². The van der Waals surface area contributed by atoms with Gasteiger partial charge in [-0.3, -0.25) is 9.59 Å². The van der Waals surface area contributed by atoms with Gasteiger partial charge in [-0.25, -0.2) is 0 Å². The quantitative estimate of drug-likeness (QED) is 0.635. The van der Waals surface area contributed by atoms with Crippen molar-refractivity contribution in [1.82, 2.24) is 9.88 Å². The summed E-state index contributed by atoms with van der Waals surface area (Å²) in [5.41, 5.74) is 4.11. The predicted octanol–water partition coefficient (Wildman–Crippen LogP) is 4.07. The first-order valence-corrected chi connectivity index (χ1v) is 9.72. The summed E-state index contributed by atoms with van der Waals surface area (Å²) in [7, 11) is 0. The molecule has 0 radical (unpaired) electrons. The monoisotopic (exact) mass is 393 g/mol. The van der Waals surface area contributed by atoms with Crippen molar-refractivity contribution in [2.75, 3.05) is 5.32 Å². The molecule has 1 aromatic carbocycles. The molecular weight excluding hydrogens is 366 g/mol. The number of hydrogen-bond acceptors (Lipinski definition) is 3. The van der Waals surface area contributed by atoms with Crippen LogP contribution >= 0.6 is 0 Å². The number of nitrogens with zero attached hydrogens (tertiary/aromatic N) is 1. The summed E-state index contributed by atoms with van der Waals surface area (Å²) in [6, 6.07) is 13.1. The van der Waals surface area contributed by atoms with Crippen molar-refractivity contribution in [3.8, 4) is 0 Å². The van der Waals surface area contributed by atoms with Crippen molar-refractivity contribution in [3.05, 3.63) is 77.0 Å². The van der Waals surface area contributed by atoms with Gasteiger partial charge >= 0.3 is 0 Å². The summed E-state index contributed by atoms with van der Waals surface area (Å²) < 4.78 is 7.48. The number of carbonyl (C=O) groups excluding carboxylic acids is 2. The molecular formula is C23H27N3O3. The Kier molecular flexibility index (Phi) is 6.22. The van der Waals surface area contributed by atoms with Crippen LogP contribution in [0.5, 0.6) is 0 Å². The first kappa shape index (κ1) is 20.5. The Hall–Kier alpha value is -3.28. The van der Waals surface area contributed by atoms with Crippen molar-refractivity contribution in [2.45, 2.75) is 46.7 Å². The molecule has 6 heteroatoms. The standard InChI is InChI=1S/C23H27N3O3/c1-15(2)24-22(27)13-18-7-9-19(10-8-18)25-23(28)21-12-16(3)26(17(21)4)14-20-6-5-11-29-20/h5-12,15H,13-14H2,1-4H3,(H,24,27)(H,25,28). The van der Waals surface area contributed by atoms with E-state index >= 15 is 0 Å². The van der Waals surface area contributed by atoms with Crippen LogP contribution in [0.25, 0.3) is 0 Å². The van der Waals surface area contributed by atoms with Crippen LogP contribution < -0.4 is 10.6 Å². The van der Waals surface area contributed by atoms with Crippen LogP contribution in [0.15, 0.2) is 53.1 Å². The molecule has 0 spiro atoms. The number of nitrogens with one attached hydrogen (secondary N) is 2. The van der Waals surface area contributed by atoms with Crippen LogP contribution in [0.4, 0.5) is 5.69 Å². The lowest BCUT2D eigenvalue weighted by Gasteiger charge is -2.10. The third-order valence-corrected chi connectivity index (χ3v) is 4.74. The summed E-state index contributed by atoms with van der Waals surface area (Å²) in [5, 5.41) is 5.81. The fraction of sp³-hybridized carbons (Fsp3) is 0.304. The van der Waals surface area contributed by atoms with Gasteiger partial charge in [-0.2, -0.15) is 0 Å². The average Bonchev–Trinajstić information content (AvgIpc) is 3.26. The zero-order valence-corrected chi connectivity index (χ0v) is 17.3. The van der Waals surface area contributed by atoms with Crippen LogP contribution in [0.1, 0.15) is 46.9 Å². The number of amides is 2. The Morgan fingerprint density at radius 3 is 2.45 bits per heavy atom. The van der Waals surface area contributed by atoms with Crippen LogP contribution in [0.2, 0.25) is 0 Å². The van der Waals surface area contributed by atoms with Gasteiger partial charge in [-0.1, -0.05) is 12.1 Å². The second-order valence-electron chi connectivity index (χ2n) is 7.50. The van der Waals surface area contributed by atoms with Crippen molar-refractivity contribution >= 4 is 17.5 Å². The van der Waals surface area contributed by atoms with Gasteiger partial charge in [0.25, 0.3) is 5.91 Å². The highest BCUT2D eigenvalue weighted by molar-refractivity contribution is 6.05. The minimum atomic E-state index is -0.158. The maximum Gasteiger partial charge on any atom is 0.257 e. The fourth-order valence-corrected chi connectivity index (χ4v) is 3.30. The maximum atomic E-state index is 12.8. The maximum absolute atomic E-state index is 12.8. The zero-order valence-electron chi connectivity index (χ0n) is 17.3. The van der Waals surface area contributed by atoms with Crippen molar-refractivity contribution in [3.63, 3.8) is 0 Å². The predicted molar refractivity (Wildman–Crippen MR) is 113 cm³/mol. The summed E-state index contributed by atoms with van der Waals surface area (Å²) >= 11 is 0. The van der Waals surface area contributed by atoms with E-state index in [1.807, 2.05) is 70.2 Å². The summed E-state index contributed by atoms with van der Waals surface area (Å²) in [6.07, 6.45) is 1.97. The molecule has 6 nitrogen and oxygen atoms in total. The van der Waals surface area contributed by atoms with Crippen LogP contribution in [0.3, 0.4) is 0 Å². The third-order valence-electron chi connectivity index (χ3n) is 4.74. The highest BCUT2D eigenvalue weighted by Gasteiger charge is 2.17. The summed E-state index contributed by atoms with van der Waals surface area (Å²) in [5.74, 6) is 0.672. The molecule has 0 aliphatic rings. The van der Waals surface area contributed by atoms with E-state index in [9.17, 15) is 9.59 Å². The van der Waals surface area contributed by atoms with E-state index in [0.717, 1.165) is 22.7 Å².